The highest BCUT2D eigenvalue weighted by atomic mass is 19.1. The number of rotatable bonds is 6. The number of hydrogen-bond donors (Lipinski definition) is 3. The number of ether oxygens (including phenoxy) is 1. The lowest BCUT2D eigenvalue weighted by Gasteiger charge is -2.10. The summed E-state index contributed by atoms with van der Waals surface area (Å²) in [6, 6.07) is 6.82. The molecule has 0 aliphatic heterocycles. The highest BCUT2D eigenvalue weighted by molar-refractivity contribution is 6.01. The molecule has 0 unspecified atom stereocenters. The van der Waals surface area contributed by atoms with E-state index in [2.05, 4.69) is 30.7 Å². The first-order valence-electron chi connectivity index (χ1n) is 10.6. The van der Waals surface area contributed by atoms with Gasteiger partial charge in [0.15, 0.2) is 5.82 Å². The van der Waals surface area contributed by atoms with Crippen molar-refractivity contribution in [1.29, 1.82) is 0 Å². The third-order valence-corrected chi connectivity index (χ3v) is 5.44. The van der Waals surface area contributed by atoms with Crippen molar-refractivity contribution in [1.82, 2.24) is 29.7 Å². The van der Waals surface area contributed by atoms with Crippen molar-refractivity contribution in [2.45, 2.75) is 13.8 Å². The molecule has 5 aromatic rings. The molecule has 0 amide bonds. The fourth-order valence-corrected chi connectivity index (χ4v) is 3.81. The second-order valence-corrected chi connectivity index (χ2v) is 7.97. The Morgan fingerprint density at radius 1 is 1.09 bits per heavy atom. The molecule has 0 radical (unpaired) electrons. The van der Waals surface area contributed by atoms with E-state index in [4.69, 9.17) is 9.72 Å². The second-order valence-electron chi connectivity index (χ2n) is 7.97. The van der Waals surface area contributed by atoms with Gasteiger partial charge in [0.2, 0.25) is 5.95 Å². The Balaban J connectivity index is 1.53. The van der Waals surface area contributed by atoms with E-state index >= 15 is 0 Å². The maximum absolute atomic E-state index is 14.3. The average Bonchev–Trinajstić information content (AvgIpc) is 3.41. The smallest absolute Gasteiger partial charge is 0.256 e. The van der Waals surface area contributed by atoms with Gasteiger partial charge >= 0.3 is 0 Å². The predicted octanol–water partition coefficient (Wildman–Crippen LogP) is 5.01. The van der Waals surface area contributed by atoms with Crippen LogP contribution in [0.25, 0.3) is 22.2 Å². The normalized spacial score (nSPS) is 11.1. The SMILES string of the molecule is COc1nn(C)cc1Nc1ncc(C)c(-c2c[nH]c3c(Nc4cc(C)ccc4F)nccc23)n1. The van der Waals surface area contributed by atoms with Gasteiger partial charge in [-0.05, 0) is 43.2 Å². The molecule has 0 fully saturated rings. The molecule has 0 atom stereocenters. The Morgan fingerprint density at radius 3 is 2.76 bits per heavy atom. The van der Waals surface area contributed by atoms with E-state index in [1.807, 2.05) is 33.2 Å². The highest BCUT2D eigenvalue weighted by Gasteiger charge is 2.16. The number of anilines is 4. The summed E-state index contributed by atoms with van der Waals surface area (Å²) in [5, 5.41) is 11.4. The van der Waals surface area contributed by atoms with Crippen LogP contribution in [0.15, 0.2) is 49.1 Å². The van der Waals surface area contributed by atoms with Crippen LogP contribution in [-0.4, -0.2) is 36.8 Å². The van der Waals surface area contributed by atoms with E-state index in [1.165, 1.54) is 6.07 Å². The summed E-state index contributed by atoms with van der Waals surface area (Å²) >= 11 is 0. The number of halogens is 1. The van der Waals surface area contributed by atoms with Crippen molar-refractivity contribution >= 4 is 34.0 Å². The summed E-state index contributed by atoms with van der Waals surface area (Å²) in [6.07, 6.45) is 7.11. The number of benzene rings is 1. The number of aromatic nitrogens is 6. The number of aromatic amines is 1. The summed E-state index contributed by atoms with van der Waals surface area (Å²) in [5.41, 5.74) is 5.27. The highest BCUT2D eigenvalue weighted by Crippen LogP contribution is 2.34. The molecule has 0 aliphatic carbocycles. The van der Waals surface area contributed by atoms with Crippen molar-refractivity contribution in [3.8, 4) is 17.1 Å². The largest absolute Gasteiger partial charge is 0.478 e. The standard InChI is InChI=1S/C24H23FN8O/c1-13-5-6-17(25)18(9-13)29-22-21-15(7-8-26-22)16(11-27-21)20-14(2)10-28-24(31-20)30-19-12-33(3)32-23(19)34-4/h5-12,27H,1-4H3,(H,26,29)(H,28,30,31). The van der Waals surface area contributed by atoms with E-state index in [-0.39, 0.29) is 5.82 Å². The molecule has 0 saturated carbocycles. The summed E-state index contributed by atoms with van der Waals surface area (Å²) < 4.78 is 21.3. The molecular weight excluding hydrogens is 435 g/mol. The minimum atomic E-state index is -0.343. The van der Waals surface area contributed by atoms with Gasteiger partial charge in [-0.25, -0.2) is 19.3 Å². The molecule has 172 valence electrons. The van der Waals surface area contributed by atoms with Gasteiger partial charge < -0.3 is 20.4 Å². The molecule has 3 N–H and O–H groups in total. The molecule has 1 aromatic carbocycles. The summed E-state index contributed by atoms with van der Waals surface area (Å²) in [7, 11) is 3.37. The third-order valence-electron chi connectivity index (χ3n) is 5.44. The van der Waals surface area contributed by atoms with Crippen LogP contribution in [0.4, 0.5) is 27.5 Å². The van der Waals surface area contributed by atoms with E-state index < -0.39 is 0 Å². The lowest BCUT2D eigenvalue weighted by molar-refractivity contribution is 0.393. The molecule has 4 aromatic heterocycles. The quantitative estimate of drug-likeness (QED) is 0.329. The molecule has 5 rings (SSSR count). The number of nitrogens with one attached hydrogen (secondary N) is 3. The number of nitrogens with zero attached hydrogens (tertiary/aromatic N) is 5. The number of fused-ring (bicyclic) bond motifs is 1. The van der Waals surface area contributed by atoms with Crippen LogP contribution >= 0.6 is 0 Å². The van der Waals surface area contributed by atoms with Crippen LogP contribution in [-0.2, 0) is 7.05 Å². The van der Waals surface area contributed by atoms with Gasteiger partial charge in [0.25, 0.3) is 5.88 Å². The fourth-order valence-electron chi connectivity index (χ4n) is 3.81. The Morgan fingerprint density at radius 2 is 1.94 bits per heavy atom. The molecule has 34 heavy (non-hydrogen) atoms. The van der Waals surface area contributed by atoms with Crippen molar-refractivity contribution in [3.05, 3.63) is 66.0 Å². The van der Waals surface area contributed by atoms with Gasteiger partial charge in [0.05, 0.1) is 30.2 Å². The van der Waals surface area contributed by atoms with Gasteiger partial charge in [-0.3, -0.25) is 4.68 Å². The van der Waals surface area contributed by atoms with Crippen LogP contribution in [0, 0.1) is 19.7 Å². The van der Waals surface area contributed by atoms with Crippen molar-refractivity contribution < 1.29 is 9.13 Å². The van der Waals surface area contributed by atoms with Crippen molar-refractivity contribution in [2.24, 2.45) is 7.05 Å². The van der Waals surface area contributed by atoms with Crippen molar-refractivity contribution in [2.75, 3.05) is 17.7 Å². The van der Waals surface area contributed by atoms with Crippen LogP contribution in [0.5, 0.6) is 5.88 Å². The Kier molecular flexibility index (Phi) is 5.33. The second kappa shape index (κ2) is 8.47. The minimum absolute atomic E-state index is 0.343. The van der Waals surface area contributed by atoms with Gasteiger partial charge in [-0.1, -0.05) is 6.07 Å². The number of pyridine rings is 1. The van der Waals surface area contributed by atoms with Crippen molar-refractivity contribution in [3.63, 3.8) is 0 Å². The van der Waals surface area contributed by atoms with Gasteiger partial charge in [-0.2, -0.15) is 0 Å². The number of hydrogen-bond acceptors (Lipinski definition) is 7. The average molecular weight is 459 g/mol. The Labute approximate surface area is 195 Å². The molecular formula is C24H23FN8O. The predicted molar refractivity (Wildman–Crippen MR) is 129 cm³/mol. The number of methoxy groups -OCH3 is 1. The fraction of sp³-hybridized carbons (Fsp3) is 0.167. The monoisotopic (exact) mass is 458 g/mol. The Bertz CT molecular complexity index is 1510. The maximum atomic E-state index is 14.3. The van der Waals surface area contributed by atoms with Crippen LogP contribution < -0.4 is 15.4 Å². The zero-order valence-corrected chi connectivity index (χ0v) is 19.1. The zero-order valence-electron chi connectivity index (χ0n) is 19.1. The molecule has 0 bridgehead atoms. The Hall–Kier alpha value is -4.47. The molecule has 9 nitrogen and oxygen atoms in total. The first-order chi connectivity index (χ1) is 16.4. The summed E-state index contributed by atoms with van der Waals surface area (Å²) in [4.78, 5) is 16.8. The van der Waals surface area contributed by atoms with E-state index in [0.29, 0.717) is 29.0 Å². The molecule has 4 heterocycles. The van der Waals surface area contributed by atoms with Gasteiger partial charge in [-0.15, -0.1) is 5.10 Å². The molecule has 0 spiro atoms. The number of H-pyrrole nitrogens is 1. The topological polar surface area (TPSA) is 106 Å². The van der Waals surface area contributed by atoms with E-state index in [1.54, 1.807) is 42.5 Å². The third kappa shape index (κ3) is 3.90. The van der Waals surface area contributed by atoms with Gasteiger partial charge in [0, 0.05) is 36.6 Å². The first kappa shape index (κ1) is 21.4. The van der Waals surface area contributed by atoms with E-state index in [9.17, 15) is 4.39 Å². The minimum Gasteiger partial charge on any atom is -0.478 e. The lowest BCUT2D eigenvalue weighted by atomic mass is 10.1. The summed E-state index contributed by atoms with van der Waals surface area (Å²) in [5.74, 6) is 1.05. The van der Waals surface area contributed by atoms with Crippen LogP contribution in [0.2, 0.25) is 0 Å². The summed E-state index contributed by atoms with van der Waals surface area (Å²) in [6.45, 7) is 3.86. The van der Waals surface area contributed by atoms with E-state index in [0.717, 1.165) is 33.3 Å². The number of aryl methyl sites for hydroxylation is 3. The molecule has 10 heteroatoms. The van der Waals surface area contributed by atoms with Gasteiger partial charge in [0.1, 0.15) is 11.5 Å². The molecule has 0 saturated heterocycles. The first-order valence-corrected chi connectivity index (χ1v) is 10.6. The maximum Gasteiger partial charge on any atom is 0.256 e. The molecule has 0 aliphatic rings. The zero-order chi connectivity index (χ0) is 23.8. The van der Waals surface area contributed by atoms with Crippen LogP contribution in [0.1, 0.15) is 11.1 Å². The lowest BCUT2D eigenvalue weighted by Crippen LogP contribution is -2.00. The van der Waals surface area contributed by atoms with Crippen LogP contribution in [0.3, 0.4) is 0 Å².